The number of methoxy groups -OCH3 is 1. The molecule has 122 valence electrons. The number of nitrogens with zero attached hydrogens (tertiary/aromatic N) is 1. The summed E-state index contributed by atoms with van der Waals surface area (Å²) in [6, 6.07) is 7.90. The maximum atomic E-state index is 12.2. The molecule has 6 heteroatoms. The Hall–Kier alpha value is -2.34. The quantitative estimate of drug-likeness (QED) is 0.785. The minimum Gasteiger partial charge on any atom is -0.497 e. The van der Waals surface area contributed by atoms with Gasteiger partial charge >= 0.3 is 0 Å². The van der Waals surface area contributed by atoms with Gasteiger partial charge < -0.3 is 15.8 Å². The molecule has 1 fully saturated rings. The molecule has 1 aromatic heterocycles. The van der Waals surface area contributed by atoms with Gasteiger partial charge in [0.05, 0.1) is 19.0 Å². The predicted octanol–water partition coefficient (Wildman–Crippen LogP) is 1.83. The van der Waals surface area contributed by atoms with Gasteiger partial charge in [-0.25, -0.2) is 0 Å². The van der Waals surface area contributed by atoms with E-state index in [9.17, 15) is 4.79 Å². The lowest BCUT2D eigenvalue weighted by atomic mass is 10.1. The molecule has 6 nitrogen and oxygen atoms in total. The van der Waals surface area contributed by atoms with Crippen molar-refractivity contribution in [1.82, 2.24) is 15.5 Å². The molecule has 0 aliphatic heterocycles. The molecule has 0 saturated heterocycles. The third-order valence-corrected chi connectivity index (χ3v) is 4.39. The number of ether oxygens (including phenoxy) is 1. The van der Waals surface area contributed by atoms with E-state index in [0.717, 1.165) is 41.8 Å². The Labute approximate surface area is 135 Å². The number of amides is 1. The summed E-state index contributed by atoms with van der Waals surface area (Å²) >= 11 is 0. The number of carbonyl (C=O) groups excluding carboxylic acids is 1. The minimum atomic E-state index is 0.0429. The van der Waals surface area contributed by atoms with E-state index in [1.54, 1.807) is 13.3 Å². The van der Waals surface area contributed by atoms with E-state index in [-0.39, 0.29) is 17.9 Å². The number of aromatic nitrogens is 2. The van der Waals surface area contributed by atoms with Crippen molar-refractivity contribution in [2.75, 3.05) is 7.11 Å². The van der Waals surface area contributed by atoms with Crippen molar-refractivity contribution in [3.05, 3.63) is 36.0 Å². The minimum absolute atomic E-state index is 0.0429. The molecule has 2 aromatic rings. The molecule has 1 saturated carbocycles. The fraction of sp³-hybridized carbons (Fsp3) is 0.412. The zero-order valence-corrected chi connectivity index (χ0v) is 13.2. The average Bonchev–Trinajstić information content (AvgIpc) is 3.21. The van der Waals surface area contributed by atoms with Crippen LogP contribution in [-0.4, -0.2) is 29.3 Å². The van der Waals surface area contributed by atoms with Crippen LogP contribution in [0.3, 0.4) is 0 Å². The normalized spacial score (nSPS) is 20.4. The van der Waals surface area contributed by atoms with Crippen LogP contribution in [0.1, 0.15) is 24.8 Å². The van der Waals surface area contributed by atoms with Crippen LogP contribution in [0.5, 0.6) is 5.75 Å². The van der Waals surface area contributed by atoms with E-state index >= 15 is 0 Å². The van der Waals surface area contributed by atoms with E-state index in [0.29, 0.717) is 6.54 Å². The number of H-pyrrole nitrogens is 1. The van der Waals surface area contributed by atoms with Crippen LogP contribution in [0.15, 0.2) is 30.5 Å². The maximum Gasteiger partial charge on any atom is 0.223 e. The van der Waals surface area contributed by atoms with Crippen LogP contribution < -0.4 is 15.8 Å². The topological polar surface area (TPSA) is 93.0 Å². The van der Waals surface area contributed by atoms with Gasteiger partial charge in [-0.05, 0) is 43.5 Å². The summed E-state index contributed by atoms with van der Waals surface area (Å²) in [5, 5.41) is 10.1. The number of nitrogens with one attached hydrogen (secondary N) is 2. The van der Waals surface area contributed by atoms with Crippen LogP contribution in [0.25, 0.3) is 11.3 Å². The Morgan fingerprint density at radius 3 is 2.83 bits per heavy atom. The number of benzene rings is 1. The highest BCUT2D eigenvalue weighted by molar-refractivity contribution is 5.79. The molecule has 1 amide bonds. The summed E-state index contributed by atoms with van der Waals surface area (Å²) in [6.07, 6.45) is 4.34. The van der Waals surface area contributed by atoms with Gasteiger partial charge in [0.15, 0.2) is 0 Å². The lowest BCUT2D eigenvalue weighted by molar-refractivity contribution is -0.125. The first kappa shape index (κ1) is 15.6. The highest BCUT2D eigenvalue weighted by atomic mass is 16.5. The third-order valence-electron chi connectivity index (χ3n) is 4.39. The number of nitrogens with two attached hydrogens (primary N) is 1. The molecule has 4 N–H and O–H groups in total. The van der Waals surface area contributed by atoms with E-state index in [1.165, 1.54) is 0 Å². The Bertz CT molecular complexity index is 665. The SMILES string of the molecule is COc1ccc(-c2[nH]ncc2CNC(=O)[C@H]2CC[C@@H](N)C2)cc1. The van der Waals surface area contributed by atoms with E-state index in [2.05, 4.69) is 15.5 Å². The van der Waals surface area contributed by atoms with Crippen molar-refractivity contribution in [2.45, 2.75) is 31.8 Å². The standard InChI is InChI=1S/C17H22N4O2/c1-23-15-6-3-11(4-7-15)16-13(10-20-21-16)9-19-17(22)12-2-5-14(18)8-12/h3-4,6-7,10,12,14H,2,5,8-9,18H2,1H3,(H,19,22)(H,20,21)/t12-,14+/m0/s1. The van der Waals surface area contributed by atoms with Gasteiger partial charge in [0.25, 0.3) is 0 Å². The highest BCUT2D eigenvalue weighted by Gasteiger charge is 2.27. The zero-order valence-electron chi connectivity index (χ0n) is 13.2. The number of hydrogen-bond acceptors (Lipinski definition) is 4. The van der Waals surface area contributed by atoms with Gasteiger partial charge in [-0.1, -0.05) is 0 Å². The van der Waals surface area contributed by atoms with Crippen LogP contribution in [0, 0.1) is 5.92 Å². The van der Waals surface area contributed by atoms with Crippen molar-refractivity contribution in [3.8, 4) is 17.0 Å². The summed E-state index contributed by atoms with van der Waals surface area (Å²) in [4.78, 5) is 12.2. The molecule has 0 bridgehead atoms. The van der Waals surface area contributed by atoms with Crippen molar-refractivity contribution >= 4 is 5.91 Å². The fourth-order valence-electron chi connectivity index (χ4n) is 3.03. The Morgan fingerprint density at radius 2 is 2.17 bits per heavy atom. The molecule has 1 heterocycles. The second-order valence-corrected chi connectivity index (χ2v) is 5.99. The molecule has 3 rings (SSSR count). The van der Waals surface area contributed by atoms with Gasteiger partial charge in [0, 0.05) is 29.6 Å². The molecule has 23 heavy (non-hydrogen) atoms. The zero-order chi connectivity index (χ0) is 16.2. The van der Waals surface area contributed by atoms with Gasteiger partial charge in [0.2, 0.25) is 5.91 Å². The fourth-order valence-corrected chi connectivity index (χ4v) is 3.03. The summed E-state index contributed by atoms with van der Waals surface area (Å²) in [5.74, 6) is 0.932. The molecule has 1 aliphatic rings. The van der Waals surface area contributed by atoms with E-state index in [1.807, 2.05) is 24.3 Å². The average molecular weight is 314 g/mol. The first-order valence-corrected chi connectivity index (χ1v) is 7.87. The van der Waals surface area contributed by atoms with Crippen molar-refractivity contribution < 1.29 is 9.53 Å². The van der Waals surface area contributed by atoms with Crippen molar-refractivity contribution in [1.29, 1.82) is 0 Å². The number of hydrogen-bond donors (Lipinski definition) is 3. The molecular weight excluding hydrogens is 292 g/mol. The van der Waals surface area contributed by atoms with Gasteiger partial charge in [-0.3, -0.25) is 9.89 Å². The smallest absolute Gasteiger partial charge is 0.223 e. The second kappa shape index (κ2) is 6.83. The maximum absolute atomic E-state index is 12.2. The monoisotopic (exact) mass is 314 g/mol. The highest BCUT2D eigenvalue weighted by Crippen LogP contribution is 2.25. The van der Waals surface area contributed by atoms with Crippen LogP contribution in [-0.2, 0) is 11.3 Å². The molecular formula is C17H22N4O2. The molecule has 1 aliphatic carbocycles. The van der Waals surface area contributed by atoms with Crippen LogP contribution >= 0.6 is 0 Å². The summed E-state index contributed by atoms with van der Waals surface area (Å²) < 4.78 is 5.17. The molecule has 2 atom stereocenters. The molecule has 0 radical (unpaired) electrons. The summed E-state index contributed by atoms with van der Waals surface area (Å²) in [6.45, 7) is 0.461. The first-order valence-electron chi connectivity index (χ1n) is 7.87. The molecule has 1 aromatic carbocycles. The van der Waals surface area contributed by atoms with Gasteiger partial charge in [-0.15, -0.1) is 0 Å². The Morgan fingerprint density at radius 1 is 1.39 bits per heavy atom. The van der Waals surface area contributed by atoms with Crippen LogP contribution in [0.4, 0.5) is 0 Å². The Balaban J connectivity index is 1.65. The van der Waals surface area contributed by atoms with Crippen molar-refractivity contribution in [3.63, 3.8) is 0 Å². The second-order valence-electron chi connectivity index (χ2n) is 5.99. The molecule has 0 unspecified atom stereocenters. The van der Waals surface area contributed by atoms with E-state index < -0.39 is 0 Å². The Kier molecular flexibility index (Phi) is 4.62. The van der Waals surface area contributed by atoms with Gasteiger partial charge in [-0.2, -0.15) is 5.10 Å². The number of aromatic amines is 1. The number of rotatable bonds is 5. The lowest BCUT2D eigenvalue weighted by Gasteiger charge is -2.11. The van der Waals surface area contributed by atoms with E-state index in [4.69, 9.17) is 10.5 Å². The predicted molar refractivity (Wildman–Crippen MR) is 87.7 cm³/mol. The van der Waals surface area contributed by atoms with Crippen molar-refractivity contribution in [2.24, 2.45) is 11.7 Å². The first-order chi connectivity index (χ1) is 11.2. The number of carbonyl (C=O) groups is 1. The summed E-state index contributed by atoms with van der Waals surface area (Å²) in [7, 11) is 1.64. The van der Waals surface area contributed by atoms with Crippen LogP contribution in [0.2, 0.25) is 0 Å². The summed E-state index contributed by atoms with van der Waals surface area (Å²) in [5.41, 5.74) is 8.76. The third kappa shape index (κ3) is 3.53. The lowest BCUT2D eigenvalue weighted by Crippen LogP contribution is -2.30. The molecule has 0 spiro atoms. The van der Waals surface area contributed by atoms with Gasteiger partial charge in [0.1, 0.15) is 5.75 Å². The largest absolute Gasteiger partial charge is 0.497 e.